The molecule has 0 saturated carbocycles. The van der Waals surface area contributed by atoms with Crippen LogP contribution >= 0.6 is 0 Å². The molecular weight excluding hydrogens is 505 g/mol. The smallest absolute Gasteiger partial charge is 0.303 e. The van der Waals surface area contributed by atoms with Gasteiger partial charge in [0.05, 0.1) is 6.10 Å². The van der Waals surface area contributed by atoms with Gasteiger partial charge in [-0.3, -0.25) is 9.59 Å². The maximum Gasteiger partial charge on any atom is 0.303 e. The largest absolute Gasteiger partial charge is 0.481 e. The molecule has 37 heavy (non-hydrogen) atoms. The number of aliphatic carboxylic acids is 1. The zero-order valence-electron chi connectivity index (χ0n) is 25.2. The van der Waals surface area contributed by atoms with E-state index in [1.165, 1.54) is 83.5 Å². The first kappa shape index (κ1) is 46.3. The molecule has 1 atom stereocenters. The molecule has 1 unspecified atom stereocenters. The minimum Gasteiger partial charge on any atom is -0.481 e. The van der Waals surface area contributed by atoms with Crippen LogP contribution in [0.2, 0.25) is 0 Å². The van der Waals surface area contributed by atoms with Crippen molar-refractivity contribution in [1.82, 2.24) is 5.32 Å². The van der Waals surface area contributed by atoms with E-state index in [0.717, 1.165) is 51.5 Å². The van der Waals surface area contributed by atoms with Crippen molar-refractivity contribution in [2.45, 2.75) is 169 Å². The van der Waals surface area contributed by atoms with Crippen molar-refractivity contribution < 1.29 is 43.8 Å². The summed E-state index contributed by atoms with van der Waals surface area (Å²) in [6, 6.07) is 0. The zero-order chi connectivity index (χ0) is 27.0. The second kappa shape index (κ2) is 42.5. The molecule has 0 heterocycles. The van der Waals surface area contributed by atoms with Crippen LogP contribution in [0.4, 0.5) is 0 Å². The summed E-state index contributed by atoms with van der Waals surface area (Å²) < 4.78 is 0. The molecule has 0 aliphatic carbocycles. The molecule has 0 spiro atoms. The monoisotopic (exact) mass is 570 g/mol. The number of hydrogen-bond acceptors (Lipinski definition) is 3. The van der Waals surface area contributed by atoms with Crippen molar-refractivity contribution in [2.75, 3.05) is 6.54 Å². The number of aliphatic hydroxyl groups is 1. The number of unbranched alkanes of at least 4 members (excludes halogenated alkanes) is 15. The van der Waals surface area contributed by atoms with Crippen LogP contribution in [0.15, 0.2) is 0 Å². The summed E-state index contributed by atoms with van der Waals surface area (Å²) in [6.45, 7) is 11.5. The Kier molecular flexibility index (Phi) is 53.2. The summed E-state index contributed by atoms with van der Waals surface area (Å²) in [7, 11) is 0. The van der Waals surface area contributed by atoms with Crippen LogP contribution in [-0.2, 0) is 28.1 Å². The second-order valence-electron chi connectivity index (χ2n) is 10.3. The van der Waals surface area contributed by atoms with E-state index in [1.807, 2.05) is 6.92 Å². The summed E-state index contributed by atoms with van der Waals surface area (Å²) in [5, 5.41) is 20.1. The van der Waals surface area contributed by atoms with E-state index in [4.69, 9.17) is 10.2 Å². The number of hydrogen-bond donors (Lipinski definition) is 3. The van der Waals surface area contributed by atoms with E-state index < -0.39 is 5.97 Å². The Labute approximate surface area is 242 Å². The molecule has 6 nitrogen and oxygen atoms in total. The fourth-order valence-corrected chi connectivity index (χ4v) is 3.59. The standard InChI is InChI=1S/C13H26O3.C11H24.C6H13NO.H2O.V/c1-12(14)10-8-6-4-2-3-5-7-9-11-13(15)16;1-3-5-7-9-11-10-8-6-4-2;1-6(2)3-4-7-5-8;;/h12,14H,2-11H2,1H3,(H,15,16);3-11H2,1-2H3;5-6H,3-4H2,1-2H3,(H,7,8);1H2;. The third-order valence-corrected chi connectivity index (χ3v) is 5.92. The van der Waals surface area contributed by atoms with Gasteiger partial charge in [-0.15, -0.1) is 0 Å². The third-order valence-electron chi connectivity index (χ3n) is 5.92. The topological polar surface area (TPSA) is 118 Å². The van der Waals surface area contributed by atoms with Gasteiger partial charge in [0.1, 0.15) is 0 Å². The number of carboxylic acid groups (broad SMARTS) is 1. The molecule has 225 valence electrons. The maximum atomic E-state index is 10.2. The second-order valence-corrected chi connectivity index (χ2v) is 10.3. The first-order valence-corrected chi connectivity index (χ1v) is 14.9. The van der Waals surface area contributed by atoms with Gasteiger partial charge < -0.3 is 21.0 Å². The van der Waals surface area contributed by atoms with Gasteiger partial charge in [0.15, 0.2) is 0 Å². The van der Waals surface area contributed by atoms with Crippen LogP contribution in [-0.4, -0.2) is 40.7 Å². The average molecular weight is 571 g/mol. The number of nitrogens with one attached hydrogen (secondary N) is 1. The molecule has 0 aromatic heterocycles. The van der Waals surface area contributed by atoms with Gasteiger partial charge in [-0.25, -0.2) is 0 Å². The Bertz CT molecular complexity index is 401. The van der Waals surface area contributed by atoms with E-state index in [1.54, 1.807) is 0 Å². The molecule has 0 aromatic rings. The Morgan fingerprint density at radius 1 is 0.703 bits per heavy atom. The summed E-state index contributed by atoms with van der Waals surface area (Å²) in [4.78, 5) is 19.9. The van der Waals surface area contributed by atoms with Gasteiger partial charge in [-0.05, 0) is 32.1 Å². The summed E-state index contributed by atoms with van der Waals surface area (Å²) >= 11 is 0. The Hall–Kier alpha value is -0.556. The predicted octanol–water partition coefficient (Wildman–Crippen LogP) is 7.84. The van der Waals surface area contributed by atoms with E-state index >= 15 is 0 Å². The molecule has 0 rings (SSSR count). The van der Waals surface area contributed by atoms with E-state index in [9.17, 15) is 9.59 Å². The van der Waals surface area contributed by atoms with E-state index in [-0.39, 0.29) is 30.1 Å². The minimum atomic E-state index is -0.682. The number of aliphatic hydroxyl groups excluding tert-OH is 1. The zero-order valence-corrected chi connectivity index (χ0v) is 26.6. The van der Waals surface area contributed by atoms with Crippen molar-refractivity contribution in [3.05, 3.63) is 0 Å². The summed E-state index contributed by atoms with van der Waals surface area (Å²) in [5.74, 6) is 0.000531. The van der Waals surface area contributed by atoms with Gasteiger partial charge in [-0.1, -0.05) is 130 Å². The molecule has 0 fully saturated rings. The fraction of sp³-hybridized carbons (Fsp3) is 0.933. The number of carbonyl (C=O) groups is 2. The Morgan fingerprint density at radius 3 is 1.41 bits per heavy atom. The number of carboxylic acids is 1. The van der Waals surface area contributed by atoms with Crippen molar-refractivity contribution in [1.29, 1.82) is 0 Å². The van der Waals surface area contributed by atoms with E-state index in [0.29, 0.717) is 12.3 Å². The van der Waals surface area contributed by atoms with Gasteiger partial charge >= 0.3 is 5.97 Å². The molecule has 1 amide bonds. The van der Waals surface area contributed by atoms with Crippen LogP contribution < -0.4 is 5.32 Å². The normalized spacial score (nSPS) is 10.6. The molecule has 7 heteroatoms. The SMILES string of the molecule is CC(C)CCNC=O.CC(O)CCCCCCCCCCC(=O)O.CCCCCCCCCCC.O.[V]. The maximum absolute atomic E-state index is 10.2. The predicted molar refractivity (Wildman–Crippen MR) is 156 cm³/mol. The fourth-order valence-electron chi connectivity index (χ4n) is 3.59. The molecule has 0 aliphatic rings. The summed E-state index contributed by atoms with van der Waals surface area (Å²) in [5.41, 5.74) is 0. The molecule has 0 saturated heterocycles. The molecular formula is C30H65NO5V. The molecule has 0 aromatic carbocycles. The molecule has 0 aliphatic heterocycles. The van der Waals surface area contributed by atoms with Crippen LogP contribution in [0.5, 0.6) is 0 Å². The first-order chi connectivity index (χ1) is 16.8. The Morgan fingerprint density at radius 2 is 1.08 bits per heavy atom. The van der Waals surface area contributed by atoms with Gasteiger partial charge in [-0.2, -0.15) is 0 Å². The van der Waals surface area contributed by atoms with Crippen LogP contribution in [0.1, 0.15) is 163 Å². The summed E-state index contributed by atoms with van der Waals surface area (Å²) in [6.07, 6.45) is 24.9. The van der Waals surface area contributed by atoms with Crippen molar-refractivity contribution in [3.63, 3.8) is 0 Å². The molecule has 5 N–H and O–H groups in total. The number of rotatable bonds is 23. The van der Waals surface area contributed by atoms with Gasteiger partial charge in [0.2, 0.25) is 6.41 Å². The average Bonchev–Trinajstić information content (AvgIpc) is 2.80. The number of amides is 1. The molecule has 0 bridgehead atoms. The minimum absolute atomic E-state index is 0. The van der Waals surface area contributed by atoms with Gasteiger partial charge in [0, 0.05) is 31.5 Å². The first-order valence-electron chi connectivity index (χ1n) is 14.9. The van der Waals surface area contributed by atoms with Gasteiger partial charge in [0.25, 0.3) is 0 Å². The quantitative estimate of drug-likeness (QED) is 0.0856. The van der Waals surface area contributed by atoms with Crippen LogP contribution in [0.3, 0.4) is 0 Å². The number of carbonyl (C=O) groups excluding carboxylic acids is 1. The van der Waals surface area contributed by atoms with E-state index in [2.05, 4.69) is 33.0 Å². The van der Waals surface area contributed by atoms with Crippen LogP contribution in [0.25, 0.3) is 0 Å². The van der Waals surface area contributed by atoms with Crippen molar-refractivity contribution in [2.24, 2.45) is 5.92 Å². The van der Waals surface area contributed by atoms with Crippen molar-refractivity contribution in [3.8, 4) is 0 Å². The third kappa shape index (κ3) is 61.2. The van der Waals surface area contributed by atoms with Crippen LogP contribution in [0, 0.1) is 5.92 Å². The Balaban J connectivity index is -0.000000143. The van der Waals surface area contributed by atoms with Crippen molar-refractivity contribution >= 4 is 12.4 Å². The molecule has 1 radical (unpaired) electrons.